The fourth-order valence-electron chi connectivity index (χ4n) is 5.29. The zero-order valence-electron chi connectivity index (χ0n) is 19.9. The van der Waals surface area contributed by atoms with Gasteiger partial charge in [0.1, 0.15) is 0 Å². The normalized spacial score (nSPS) is 15.4. The van der Waals surface area contributed by atoms with E-state index in [1.807, 2.05) is 35.9 Å². The lowest BCUT2D eigenvalue weighted by molar-refractivity contribution is 0.158. The van der Waals surface area contributed by atoms with Crippen molar-refractivity contribution in [2.75, 3.05) is 0 Å². The fourth-order valence-corrected chi connectivity index (χ4v) is 5.29. The summed E-state index contributed by atoms with van der Waals surface area (Å²) in [5, 5.41) is 14.0. The van der Waals surface area contributed by atoms with Gasteiger partial charge >= 0.3 is 0 Å². The number of aromatic nitrogens is 5. The van der Waals surface area contributed by atoms with Gasteiger partial charge in [-0.2, -0.15) is 0 Å². The lowest BCUT2D eigenvalue weighted by atomic mass is 10.1. The Morgan fingerprint density at radius 1 is 1.09 bits per heavy atom. The van der Waals surface area contributed by atoms with Crippen molar-refractivity contribution in [1.82, 2.24) is 30.1 Å². The topological polar surface area (TPSA) is 79.7 Å². The van der Waals surface area contributed by atoms with Crippen LogP contribution in [-0.2, 0) is 13.1 Å². The van der Waals surface area contributed by atoms with Gasteiger partial charge in [-0.05, 0) is 59.2 Å². The summed E-state index contributed by atoms with van der Waals surface area (Å²) < 4.78 is 2.05. The van der Waals surface area contributed by atoms with E-state index in [9.17, 15) is 4.79 Å². The number of para-hydroxylation sites is 1. The minimum absolute atomic E-state index is 0.00316. The van der Waals surface area contributed by atoms with Crippen molar-refractivity contribution < 1.29 is 0 Å². The first-order valence-corrected chi connectivity index (χ1v) is 12.3. The summed E-state index contributed by atoms with van der Waals surface area (Å²) in [5.74, 6) is 0.901. The maximum atomic E-state index is 13.1. The quantitative estimate of drug-likeness (QED) is 0.399. The maximum Gasteiger partial charge on any atom is 0.252 e. The number of benzene rings is 2. The van der Waals surface area contributed by atoms with E-state index < -0.39 is 0 Å². The SMILES string of the molecule is CC[C@H](c1nnnn1C1CCCC1)N(Cc1ccccc1)Cc1cc2cccc(C)c2[nH]c1=O. The van der Waals surface area contributed by atoms with Crippen LogP contribution in [0.5, 0.6) is 0 Å². The number of rotatable bonds is 8. The molecule has 0 radical (unpaired) electrons. The molecule has 0 spiro atoms. The van der Waals surface area contributed by atoms with Crippen LogP contribution in [0.25, 0.3) is 10.9 Å². The average molecular weight is 457 g/mol. The molecule has 1 N–H and O–H groups in total. The second kappa shape index (κ2) is 9.89. The molecule has 1 aliphatic rings. The first kappa shape index (κ1) is 22.5. The number of nitrogens with zero attached hydrogens (tertiary/aromatic N) is 5. The van der Waals surface area contributed by atoms with E-state index in [-0.39, 0.29) is 11.6 Å². The highest BCUT2D eigenvalue weighted by Gasteiger charge is 2.29. The summed E-state index contributed by atoms with van der Waals surface area (Å²) >= 11 is 0. The van der Waals surface area contributed by atoms with Gasteiger partial charge in [0, 0.05) is 18.7 Å². The van der Waals surface area contributed by atoms with Crippen LogP contribution in [0.1, 0.15) is 73.6 Å². The summed E-state index contributed by atoms with van der Waals surface area (Å²) in [6.07, 6.45) is 5.54. The number of fused-ring (bicyclic) bond motifs is 1. The van der Waals surface area contributed by atoms with Gasteiger partial charge in [-0.3, -0.25) is 9.69 Å². The standard InChI is InChI=1S/C27H32N6O/c1-3-24(26-29-30-31-33(26)23-14-7-8-15-23)32(17-20-11-5-4-6-12-20)18-22-16-21-13-9-10-19(2)25(21)28-27(22)34/h4-6,9-13,16,23-24H,3,7-8,14-15,17-18H2,1-2H3,(H,28,34)/t24-/m1/s1. The summed E-state index contributed by atoms with van der Waals surface area (Å²) in [5.41, 5.74) is 3.90. The summed E-state index contributed by atoms with van der Waals surface area (Å²) in [6, 6.07) is 18.9. The van der Waals surface area contributed by atoms with Crippen molar-refractivity contribution >= 4 is 10.9 Å². The van der Waals surface area contributed by atoms with Crippen LogP contribution in [0.15, 0.2) is 59.4 Å². The molecular weight excluding hydrogens is 424 g/mol. The average Bonchev–Trinajstić information content (AvgIpc) is 3.54. The number of H-pyrrole nitrogens is 1. The fraction of sp³-hybridized carbons (Fsp3) is 0.407. The van der Waals surface area contributed by atoms with Gasteiger partial charge < -0.3 is 4.98 Å². The Morgan fingerprint density at radius 2 is 1.88 bits per heavy atom. The molecule has 2 heterocycles. The van der Waals surface area contributed by atoms with E-state index in [1.54, 1.807) is 0 Å². The minimum Gasteiger partial charge on any atom is -0.321 e. The molecule has 1 saturated carbocycles. The number of hydrogen-bond donors (Lipinski definition) is 1. The molecule has 7 nitrogen and oxygen atoms in total. The number of aromatic amines is 1. The van der Waals surface area contributed by atoms with E-state index in [0.717, 1.165) is 47.1 Å². The highest BCUT2D eigenvalue weighted by atomic mass is 16.1. The Labute approximate surface area is 199 Å². The van der Waals surface area contributed by atoms with Crippen LogP contribution in [-0.4, -0.2) is 30.1 Å². The third kappa shape index (κ3) is 4.53. The van der Waals surface area contributed by atoms with Gasteiger partial charge in [0.2, 0.25) is 0 Å². The summed E-state index contributed by atoms with van der Waals surface area (Å²) in [4.78, 5) is 18.6. The molecule has 5 rings (SSSR count). The molecule has 0 unspecified atom stereocenters. The van der Waals surface area contributed by atoms with E-state index in [0.29, 0.717) is 19.1 Å². The molecule has 1 fully saturated rings. The number of hydrogen-bond acceptors (Lipinski definition) is 5. The van der Waals surface area contributed by atoms with Crippen LogP contribution in [0, 0.1) is 6.92 Å². The number of nitrogens with one attached hydrogen (secondary N) is 1. The zero-order valence-corrected chi connectivity index (χ0v) is 19.9. The van der Waals surface area contributed by atoms with Crippen molar-refractivity contribution in [3.05, 3.63) is 87.5 Å². The molecule has 34 heavy (non-hydrogen) atoms. The van der Waals surface area contributed by atoms with E-state index in [1.165, 1.54) is 18.4 Å². The second-order valence-electron chi connectivity index (χ2n) is 9.40. The Bertz CT molecular complexity index is 1310. The Kier molecular flexibility index (Phi) is 6.54. The third-order valence-electron chi connectivity index (χ3n) is 7.08. The number of pyridine rings is 1. The molecule has 1 aliphatic carbocycles. The van der Waals surface area contributed by atoms with Crippen LogP contribution in [0.4, 0.5) is 0 Å². The molecule has 2 aromatic heterocycles. The van der Waals surface area contributed by atoms with Crippen molar-refractivity contribution in [2.45, 2.75) is 71.1 Å². The van der Waals surface area contributed by atoms with E-state index in [2.05, 4.69) is 62.7 Å². The van der Waals surface area contributed by atoms with E-state index >= 15 is 0 Å². The summed E-state index contributed by atoms with van der Waals surface area (Å²) in [6.45, 7) is 5.42. The second-order valence-corrected chi connectivity index (χ2v) is 9.40. The molecule has 4 aromatic rings. The third-order valence-corrected chi connectivity index (χ3v) is 7.08. The van der Waals surface area contributed by atoms with Gasteiger partial charge in [-0.25, -0.2) is 4.68 Å². The first-order chi connectivity index (χ1) is 16.6. The van der Waals surface area contributed by atoms with Crippen LogP contribution < -0.4 is 5.56 Å². The van der Waals surface area contributed by atoms with Crippen molar-refractivity contribution in [2.24, 2.45) is 0 Å². The molecule has 0 amide bonds. The Morgan fingerprint density at radius 3 is 2.65 bits per heavy atom. The molecule has 0 bridgehead atoms. The smallest absolute Gasteiger partial charge is 0.252 e. The lowest BCUT2D eigenvalue weighted by Crippen LogP contribution is -2.32. The van der Waals surface area contributed by atoms with Gasteiger partial charge in [-0.15, -0.1) is 5.10 Å². The van der Waals surface area contributed by atoms with Crippen LogP contribution >= 0.6 is 0 Å². The zero-order chi connectivity index (χ0) is 23.5. The highest BCUT2D eigenvalue weighted by Crippen LogP contribution is 2.33. The van der Waals surface area contributed by atoms with Crippen molar-refractivity contribution in [3.63, 3.8) is 0 Å². The lowest BCUT2D eigenvalue weighted by Gasteiger charge is -2.31. The molecule has 0 saturated heterocycles. The van der Waals surface area contributed by atoms with Gasteiger partial charge in [0.15, 0.2) is 5.82 Å². The van der Waals surface area contributed by atoms with Crippen molar-refractivity contribution in [3.8, 4) is 0 Å². The van der Waals surface area contributed by atoms with E-state index in [4.69, 9.17) is 0 Å². The molecule has 176 valence electrons. The predicted molar refractivity (Wildman–Crippen MR) is 133 cm³/mol. The monoisotopic (exact) mass is 456 g/mol. The van der Waals surface area contributed by atoms with Gasteiger partial charge in [0.05, 0.1) is 17.6 Å². The number of tetrazole rings is 1. The largest absolute Gasteiger partial charge is 0.321 e. The Hall–Kier alpha value is -3.32. The maximum absolute atomic E-state index is 13.1. The molecule has 0 aliphatic heterocycles. The van der Waals surface area contributed by atoms with Gasteiger partial charge in [-0.1, -0.05) is 68.3 Å². The van der Waals surface area contributed by atoms with Crippen LogP contribution in [0.2, 0.25) is 0 Å². The van der Waals surface area contributed by atoms with Crippen LogP contribution in [0.3, 0.4) is 0 Å². The Balaban J connectivity index is 1.53. The highest BCUT2D eigenvalue weighted by molar-refractivity contribution is 5.81. The predicted octanol–water partition coefficient (Wildman–Crippen LogP) is 5.09. The minimum atomic E-state index is -0.0369. The first-order valence-electron chi connectivity index (χ1n) is 12.3. The van der Waals surface area contributed by atoms with Gasteiger partial charge in [0.25, 0.3) is 5.56 Å². The summed E-state index contributed by atoms with van der Waals surface area (Å²) in [7, 11) is 0. The molecule has 2 aromatic carbocycles. The molecule has 7 heteroatoms. The molecule has 1 atom stereocenters. The van der Waals surface area contributed by atoms with Crippen molar-refractivity contribution in [1.29, 1.82) is 0 Å². The number of aryl methyl sites for hydroxylation is 1. The molecular formula is C27H32N6O.